The number of ether oxygens (including phenoxy) is 1. The number of hydrogen-bond donors (Lipinski definition) is 1. The number of halogens is 1. The van der Waals surface area contributed by atoms with Crippen molar-refractivity contribution < 1.29 is 18.7 Å². The minimum Gasteiger partial charge on any atom is -0.494 e. The zero-order valence-electron chi connectivity index (χ0n) is 28.1. The van der Waals surface area contributed by atoms with Crippen LogP contribution in [-0.4, -0.2) is 49.0 Å². The molecule has 1 aromatic heterocycles. The average molecular weight is 682 g/mol. The summed E-state index contributed by atoms with van der Waals surface area (Å²) in [6.07, 6.45) is 9.01. The van der Waals surface area contributed by atoms with Gasteiger partial charge in [0, 0.05) is 49.4 Å². The molecule has 49 heavy (non-hydrogen) atoms. The van der Waals surface area contributed by atoms with E-state index in [-0.39, 0.29) is 23.1 Å². The van der Waals surface area contributed by atoms with Gasteiger partial charge in [-0.3, -0.25) is 14.4 Å². The summed E-state index contributed by atoms with van der Waals surface area (Å²) in [6, 6.07) is 22.0. The van der Waals surface area contributed by atoms with Gasteiger partial charge >= 0.3 is 0 Å². The van der Waals surface area contributed by atoms with Crippen LogP contribution < -0.4 is 20.4 Å². The van der Waals surface area contributed by atoms with Crippen molar-refractivity contribution in [2.45, 2.75) is 70.9 Å². The number of piperidine rings is 2. The summed E-state index contributed by atoms with van der Waals surface area (Å²) in [5.74, 6) is 0.363. The third-order valence-corrected chi connectivity index (χ3v) is 9.58. The van der Waals surface area contributed by atoms with E-state index in [0.29, 0.717) is 47.7 Å². The van der Waals surface area contributed by atoms with E-state index in [1.54, 1.807) is 18.2 Å². The molecule has 0 aliphatic carbocycles. The highest BCUT2D eigenvalue weighted by atomic mass is 35.5. The van der Waals surface area contributed by atoms with E-state index in [2.05, 4.69) is 41.4 Å². The van der Waals surface area contributed by atoms with Gasteiger partial charge in [-0.1, -0.05) is 66.9 Å². The van der Waals surface area contributed by atoms with Crippen LogP contribution >= 0.6 is 11.6 Å². The van der Waals surface area contributed by atoms with Crippen molar-refractivity contribution in [3.8, 4) is 5.75 Å². The van der Waals surface area contributed by atoms with Crippen LogP contribution in [0.15, 0.2) is 93.7 Å². The number of unbranched alkanes of at least 4 members (excludes halogenated alkanes) is 1. The molecule has 0 radical (unpaired) electrons. The molecule has 1 atom stereocenters. The summed E-state index contributed by atoms with van der Waals surface area (Å²) >= 11 is 6.15. The second-order valence-electron chi connectivity index (χ2n) is 13.0. The number of nitrogens with one attached hydrogen (secondary N) is 1. The van der Waals surface area contributed by atoms with E-state index in [1.807, 2.05) is 35.2 Å². The van der Waals surface area contributed by atoms with Crippen molar-refractivity contribution >= 4 is 40.1 Å². The molecule has 256 valence electrons. The SMILES string of the molecule is CCCCOc1ccc2oc(C(=O)N[C@H](C=C3CCN(c4ccccc4CN4CCCCC4=O)CC3)Cc3ccc(Cl)cc3)cc(=O)c2c1. The van der Waals surface area contributed by atoms with Crippen LogP contribution in [-0.2, 0) is 17.8 Å². The first-order valence-corrected chi connectivity index (χ1v) is 17.8. The quantitative estimate of drug-likeness (QED) is 0.122. The summed E-state index contributed by atoms with van der Waals surface area (Å²) in [6.45, 7) is 5.79. The zero-order chi connectivity index (χ0) is 34.2. The Balaban J connectivity index is 1.17. The van der Waals surface area contributed by atoms with E-state index >= 15 is 0 Å². The Morgan fingerprint density at radius 3 is 2.55 bits per heavy atom. The van der Waals surface area contributed by atoms with E-state index in [0.717, 1.165) is 63.7 Å². The van der Waals surface area contributed by atoms with Crippen LogP contribution in [0, 0.1) is 0 Å². The number of carbonyl (C=O) groups excluding carboxylic acids is 2. The highest BCUT2D eigenvalue weighted by molar-refractivity contribution is 6.30. The van der Waals surface area contributed by atoms with Crippen LogP contribution in [0.25, 0.3) is 11.0 Å². The van der Waals surface area contributed by atoms with Gasteiger partial charge in [0.05, 0.1) is 18.0 Å². The molecule has 0 unspecified atom stereocenters. The highest BCUT2D eigenvalue weighted by Crippen LogP contribution is 2.29. The molecule has 2 fully saturated rings. The summed E-state index contributed by atoms with van der Waals surface area (Å²) in [5, 5.41) is 4.15. The fraction of sp³-hybridized carbons (Fsp3) is 0.375. The van der Waals surface area contributed by atoms with Gasteiger partial charge in [-0.2, -0.15) is 0 Å². The van der Waals surface area contributed by atoms with Gasteiger partial charge in [0.15, 0.2) is 11.2 Å². The maximum Gasteiger partial charge on any atom is 0.287 e. The lowest BCUT2D eigenvalue weighted by Crippen LogP contribution is -2.37. The molecule has 0 spiro atoms. The Hall–Kier alpha value is -4.56. The highest BCUT2D eigenvalue weighted by Gasteiger charge is 2.23. The van der Waals surface area contributed by atoms with Gasteiger partial charge in [-0.25, -0.2) is 0 Å². The van der Waals surface area contributed by atoms with Gasteiger partial charge in [0.2, 0.25) is 5.91 Å². The maximum absolute atomic E-state index is 13.6. The molecule has 1 N–H and O–H groups in total. The number of anilines is 1. The van der Waals surface area contributed by atoms with Crippen LogP contribution in [0.3, 0.4) is 0 Å². The Morgan fingerprint density at radius 2 is 1.78 bits per heavy atom. The third kappa shape index (κ3) is 8.92. The number of fused-ring (bicyclic) bond motifs is 1. The average Bonchev–Trinajstić information content (AvgIpc) is 3.11. The van der Waals surface area contributed by atoms with Gasteiger partial charge in [0.1, 0.15) is 11.3 Å². The first-order valence-electron chi connectivity index (χ1n) is 17.4. The molecule has 0 saturated carbocycles. The number of amides is 2. The lowest BCUT2D eigenvalue weighted by atomic mass is 9.97. The molecule has 3 heterocycles. The smallest absolute Gasteiger partial charge is 0.287 e. The molecule has 2 aliphatic rings. The predicted molar refractivity (Wildman–Crippen MR) is 195 cm³/mol. The number of likely N-dealkylation sites (tertiary alicyclic amines) is 1. The fourth-order valence-corrected chi connectivity index (χ4v) is 6.74. The standard InChI is InChI=1S/C40H44ClN3O5/c1-2-3-22-48-33-15-16-37-34(25-33)36(45)26-38(49-37)40(47)42-32(23-28-11-13-31(41)14-12-28)24-29-17-20-43(21-18-29)35-9-5-4-8-30(35)27-44-19-7-6-10-39(44)46/h4-5,8-9,11-16,24-26,32H,2-3,6-7,10,17-23,27H2,1H3,(H,42,47)/t32-/m0/s1. The molecular formula is C40H44ClN3O5. The second-order valence-corrected chi connectivity index (χ2v) is 13.4. The molecular weight excluding hydrogens is 638 g/mol. The summed E-state index contributed by atoms with van der Waals surface area (Å²) < 4.78 is 11.7. The Kier molecular flexibility index (Phi) is 11.4. The van der Waals surface area contributed by atoms with Crippen LogP contribution in [0.4, 0.5) is 5.69 Å². The molecule has 3 aromatic carbocycles. The van der Waals surface area contributed by atoms with E-state index in [9.17, 15) is 14.4 Å². The maximum atomic E-state index is 13.6. The normalized spacial score (nSPS) is 15.7. The Labute approximate surface area is 292 Å². The van der Waals surface area contributed by atoms with Gasteiger partial charge in [0.25, 0.3) is 5.91 Å². The second kappa shape index (κ2) is 16.2. The lowest BCUT2D eigenvalue weighted by Gasteiger charge is -2.34. The van der Waals surface area contributed by atoms with Crippen LogP contribution in [0.5, 0.6) is 5.75 Å². The van der Waals surface area contributed by atoms with E-state index in [1.165, 1.54) is 22.9 Å². The topological polar surface area (TPSA) is 92.1 Å². The summed E-state index contributed by atoms with van der Waals surface area (Å²) in [7, 11) is 0. The molecule has 8 nitrogen and oxygen atoms in total. The molecule has 9 heteroatoms. The van der Waals surface area contributed by atoms with E-state index in [4.69, 9.17) is 20.8 Å². The fourth-order valence-electron chi connectivity index (χ4n) is 6.61. The zero-order valence-corrected chi connectivity index (χ0v) is 28.8. The number of nitrogens with zero attached hydrogens (tertiary/aromatic N) is 2. The monoisotopic (exact) mass is 681 g/mol. The number of rotatable bonds is 12. The van der Waals surface area contributed by atoms with Gasteiger partial charge in [-0.15, -0.1) is 0 Å². The number of carbonyl (C=O) groups is 2. The van der Waals surface area contributed by atoms with Crippen molar-refractivity contribution in [2.75, 3.05) is 31.1 Å². The van der Waals surface area contributed by atoms with Crippen molar-refractivity contribution in [2.24, 2.45) is 0 Å². The molecule has 2 saturated heterocycles. The first-order chi connectivity index (χ1) is 23.9. The predicted octanol–water partition coefficient (Wildman–Crippen LogP) is 7.71. The molecule has 2 aliphatic heterocycles. The minimum atomic E-state index is -0.447. The largest absolute Gasteiger partial charge is 0.494 e. The molecule has 6 rings (SSSR count). The van der Waals surface area contributed by atoms with Gasteiger partial charge < -0.3 is 24.3 Å². The van der Waals surface area contributed by atoms with Crippen molar-refractivity contribution in [1.29, 1.82) is 0 Å². The first kappa shape index (κ1) is 34.3. The minimum absolute atomic E-state index is 0.0322. The lowest BCUT2D eigenvalue weighted by molar-refractivity contribution is -0.133. The molecule has 0 bridgehead atoms. The van der Waals surface area contributed by atoms with E-state index < -0.39 is 5.91 Å². The summed E-state index contributed by atoms with van der Waals surface area (Å²) in [4.78, 5) is 43.6. The van der Waals surface area contributed by atoms with Crippen LogP contribution in [0.1, 0.15) is 73.6 Å². The van der Waals surface area contributed by atoms with Crippen molar-refractivity contribution in [3.05, 3.63) is 117 Å². The number of hydrogen-bond acceptors (Lipinski definition) is 6. The van der Waals surface area contributed by atoms with Gasteiger partial charge in [-0.05, 0) is 86.1 Å². The third-order valence-electron chi connectivity index (χ3n) is 9.33. The number of para-hydroxylation sites is 1. The van der Waals surface area contributed by atoms with Crippen molar-refractivity contribution in [1.82, 2.24) is 10.2 Å². The Morgan fingerprint density at radius 1 is 0.980 bits per heavy atom. The number of benzene rings is 3. The van der Waals surface area contributed by atoms with Crippen LogP contribution in [0.2, 0.25) is 5.02 Å². The van der Waals surface area contributed by atoms with Crippen molar-refractivity contribution in [3.63, 3.8) is 0 Å². The summed E-state index contributed by atoms with van der Waals surface area (Å²) in [5.41, 5.74) is 4.69. The Bertz CT molecular complexity index is 1860. The molecule has 2 amide bonds. The molecule has 4 aromatic rings.